The number of rotatable bonds is 7. The fourth-order valence-corrected chi connectivity index (χ4v) is 6.13. The van der Waals surface area contributed by atoms with Gasteiger partial charge in [-0.3, -0.25) is 0 Å². The molecule has 2 aromatic carbocycles. The van der Waals surface area contributed by atoms with E-state index < -0.39 is 41.4 Å². The highest BCUT2D eigenvalue weighted by atomic mass is 32.2. The van der Waals surface area contributed by atoms with Crippen LogP contribution in [-0.4, -0.2) is 79.0 Å². The van der Waals surface area contributed by atoms with E-state index in [1.165, 1.54) is 36.2 Å². The van der Waals surface area contributed by atoms with E-state index in [1.807, 2.05) is 4.72 Å². The van der Waals surface area contributed by atoms with Crippen LogP contribution in [0.1, 0.15) is 5.56 Å². The Morgan fingerprint density at radius 1 is 1.03 bits per heavy atom. The fourth-order valence-electron chi connectivity index (χ4n) is 3.48. The minimum Gasteiger partial charge on any atom is -0.326 e. The molecule has 0 aromatic heterocycles. The Morgan fingerprint density at radius 3 is 2.26 bits per heavy atom. The zero-order chi connectivity index (χ0) is 25.9. The first kappa shape index (κ1) is 26.9. The zero-order valence-corrected chi connectivity index (χ0v) is 20.4. The van der Waals surface area contributed by atoms with Gasteiger partial charge in [0, 0.05) is 46.3 Å². The first-order chi connectivity index (χ1) is 16.3. The molecule has 1 aliphatic rings. The summed E-state index contributed by atoms with van der Waals surface area (Å²) in [7, 11) is -7.59. The normalized spacial score (nSPS) is 15.1. The molecule has 0 bridgehead atoms. The lowest BCUT2D eigenvalue weighted by Gasteiger charge is -2.31. The number of sulfone groups is 1. The summed E-state index contributed by atoms with van der Waals surface area (Å²) < 4.78 is 94.2. The number of sulfonamides is 1. The minimum atomic E-state index is -5.05. The molecule has 192 valence electrons. The smallest absolute Gasteiger partial charge is 0.326 e. The summed E-state index contributed by atoms with van der Waals surface area (Å²) in [5.74, 6) is 0. The first-order valence-corrected chi connectivity index (χ1v) is 13.5. The Bertz CT molecular complexity index is 1260. The average molecular weight is 535 g/mol. The summed E-state index contributed by atoms with van der Waals surface area (Å²) in [5.41, 5.74) is -1.50. The van der Waals surface area contributed by atoms with Gasteiger partial charge in [0.25, 0.3) is 0 Å². The van der Waals surface area contributed by atoms with Gasteiger partial charge in [-0.1, -0.05) is 18.2 Å². The van der Waals surface area contributed by atoms with Crippen molar-refractivity contribution in [2.24, 2.45) is 0 Å². The van der Waals surface area contributed by atoms with Crippen molar-refractivity contribution >= 4 is 25.9 Å². The van der Waals surface area contributed by atoms with E-state index >= 15 is 0 Å². The number of alkyl halides is 3. The van der Waals surface area contributed by atoms with Crippen LogP contribution in [0.25, 0.3) is 0 Å². The van der Waals surface area contributed by atoms with Crippen LogP contribution in [0.3, 0.4) is 0 Å². The van der Waals surface area contributed by atoms with Crippen molar-refractivity contribution in [3.8, 4) is 0 Å². The van der Waals surface area contributed by atoms with Gasteiger partial charge in [0.15, 0.2) is 0 Å². The van der Waals surface area contributed by atoms with E-state index in [0.29, 0.717) is 38.3 Å². The molecule has 1 fully saturated rings. The number of carbonyl (C=O) groups excluding carboxylic acids is 1. The monoisotopic (exact) mass is 534 g/mol. The van der Waals surface area contributed by atoms with Gasteiger partial charge in [0.05, 0.1) is 20.2 Å². The maximum Gasteiger partial charge on any atom is 0.417 e. The van der Waals surface area contributed by atoms with Crippen LogP contribution < -0.4 is 10.0 Å². The molecule has 2 aromatic rings. The second-order valence-corrected chi connectivity index (χ2v) is 11.5. The van der Waals surface area contributed by atoms with Gasteiger partial charge in [0.1, 0.15) is 0 Å². The number of amides is 2. The van der Waals surface area contributed by atoms with Crippen molar-refractivity contribution in [3.63, 3.8) is 0 Å². The highest BCUT2D eigenvalue weighted by Crippen LogP contribution is 2.36. The van der Waals surface area contributed by atoms with Crippen molar-refractivity contribution in [2.45, 2.75) is 20.9 Å². The van der Waals surface area contributed by atoms with E-state index in [4.69, 9.17) is 0 Å². The van der Waals surface area contributed by atoms with Crippen molar-refractivity contribution in [2.75, 3.05) is 46.3 Å². The number of nitrogens with zero attached hydrogens (tertiary/aromatic N) is 2. The van der Waals surface area contributed by atoms with Crippen LogP contribution in [0, 0.1) is 0 Å². The van der Waals surface area contributed by atoms with E-state index in [2.05, 4.69) is 5.32 Å². The lowest BCUT2D eigenvalue weighted by atomic mass is 10.2. The molecule has 0 atom stereocenters. The van der Waals surface area contributed by atoms with Crippen molar-refractivity contribution in [1.29, 1.82) is 0 Å². The van der Waals surface area contributed by atoms with Crippen LogP contribution in [0.4, 0.5) is 18.0 Å². The molecule has 2 N–H and O–H groups in total. The Morgan fingerprint density at radius 2 is 1.66 bits per heavy atom. The lowest BCUT2D eigenvalue weighted by molar-refractivity contribution is -0.139. The Labute approximate surface area is 201 Å². The van der Waals surface area contributed by atoms with Crippen LogP contribution in [0.5, 0.6) is 0 Å². The molecule has 2 amide bonds. The molecule has 0 saturated carbocycles. The molecule has 35 heavy (non-hydrogen) atoms. The first-order valence-electron chi connectivity index (χ1n) is 10.6. The Hall–Kier alpha value is -2.68. The molecule has 0 spiro atoms. The number of benzene rings is 2. The number of hydrogen-bond donors (Lipinski definition) is 2. The van der Waals surface area contributed by atoms with Gasteiger partial charge in [-0.15, -0.1) is 0 Å². The summed E-state index contributed by atoms with van der Waals surface area (Å²) in [5, 5.41) is 3.09. The number of carbonyl (C=O) groups is 1. The molecule has 1 aliphatic heterocycles. The third-order valence-corrected chi connectivity index (χ3v) is 8.63. The average Bonchev–Trinajstić information content (AvgIpc) is 2.83. The molecular formula is C21H25F3N4O5S2. The van der Waals surface area contributed by atoms with E-state index in [-0.39, 0.29) is 24.0 Å². The van der Waals surface area contributed by atoms with E-state index in [9.17, 15) is 34.8 Å². The van der Waals surface area contributed by atoms with E-state index in [1.54, 1.807) is 11.0 Å². The van der Waals surface area contributed by atoms with Gasteiger partial charge in [-0.25, -0.2) is 26.4 Å². The number of nitrogens with one attached hydrogen (secondary N) is 2. The number of urea groups is 1. The van der Waals surface area contributed by atoms with Crippen LogP contribution >= 0.6 is 0 Å². The highest BCUT2D eigenvalue weighted by molar-refractivity contribution is 7.91. The van der Waals surface area contributed by atoms with Crippen LogP contribution in [0.2, 0.25) is 0 Å². The maximum atomic E-state index is 13.6. The highest BCUT2D eigenvalue weighted by Gasteiger charge is 2.38. The topological polar surface area (TPSA) is 116 Å². The third kappa shape index (κ3) is 6.31. The van der Waals surface area contributed by atoms with Crippen molar-refractivity contribution in [3.05, 3.63) is 54.1 Å². The van der Waals surface area contributed by atoms with Gasteiger partial charge in [0.2, 0.25) is 19.9 Å². The largest absolute Gasteiger partial charge is 0.417 e. The second kappa shape index (κ2) is 10.5. The molecule has 9 nitrogen and oxygen atoms in total. The number of halogens is 3. The molecule has 3 rings (SSSR count). The molecule has 1 heterocycles. The summed E-state index contributed by atoms with van der Waals surface area (Å²) in [6.45, 7) is 1.72. The molecule has 1 saturated heterocycles. The minimum absolute atomic E-state index is 0.106. The summed E-state index contributed by atoms with van der Waals surface area (Å²) in [6, 6.07) is 8.28. The maximum absolute atomic E-state index is 13.6. The number of hydrogen-bond acceptors (Lipinski definition) is 6. The van der Waals surface area contributed by atoms with Gasteiger partial charge >= 0.3 is 12.2 Å². The SMILES string of the molecule is CN(CCNS(=O)(=O)c1cc(S(=O)(=O)c2ccccc2)ccc1C(F)(F)F)C(=O)N1CCNCC1. The van der Waals surface area contributed by atoms with Crippen LogP contribution in [-0.2, 0) is 26.0 Å². The lowest BCUT2D eigenvalue weighted by Crippen LogP contribution is -2.51. The number of piperazine rings is 1. The van der Waals surface area contributed by atoms with Gasteiger partial charge < -0.3 is 15.1 Å². The third-order valence-electron chi connectivity index (χ3n) is 5.37. The van der Waals surface area contributed by atoms with Gasteiger partial charge in [-0.2, -0.15) is 13.2 Å². The molecule has 0 aliphatic carbocycles. The quantitative estimate of drug-likeness (QED) is 0.560. The van der Waals surface area contributed by atoms with Crippen molar-refractivity contribution in [1.82, 2.24) is 19.8 Å². The molecule has 0 unspecified atom stereocenters. The predicted molar refractivity (Wildman–Crippen MR) is 121 cm³/mol. The Balaban J connectivity index is 1.84. The molecular weight excluding hydrogens is 509 g/mol. The number of likely N-dealkylation sites (N-methyl/N-ethyl adjacent to an activating group) is 1. The molecule has 0 radical (unpaired) electrons. The zero-order valence-electron chi connectivity index (χ0n) is 18.7. The standard InChI is InChI=1S/C21H25F3N4O5S2/c1-27(20(29)28-13-9-25-10-14-28)12-11-26-35(32,33)19-15-17(7-8-18(19)21(22,23)24)34(30,31)16-5-3-2-4-6-16/h2-8,15,25-26H,9-14H2,1H3. The van der Waals surface area contributed by atoms with Crippen molar-refractivity contribution < 1.29 is 34.8 Å². The summed E-state index contributed by atoms with van der Waals surface area (Å²) in [4.78, 5) is 13.3. The van der Waals surface area contributed by atoms with E-state index in [0.717, 1.165) is 6.07 Å². The second-order valence-electron chi connectivity index (χ2n) is 7.81. The summed E-state index contributed by atoms with van der Waals surface area (Å²) in [6.07, 6.45) is -5.05. The Kier molecular flexibility index (Phi) is 8.09. The fraction of sp³-hybridized carbons (Fsp3) is 0.381. The van der Waals surface area contributed by atoms with Crippen LogP contribution in [0.15, 0.2) is 63.2 Å². The van der Waals surface area contributed by atoms with Gasteiger partial charge in [-0.05, 0) is 30.3 Å². The molecule has 14 heteroatoms. The predicted octanol–water partition coefficient (Wildman–Crippen LogP) is 1.77. The summed E-state index contributed by atoms with van der Waals surface area (Å²) >= 11 is 0.